The topological polar surface area (TPSA) is 95.2 Å². The molecule has 0 spiro atoms. The summed E-state index contributed by atoms with van der Waals surface area (Å²) in [6.07, 6.45) is 7.44. The molecule has 1 aromatic heterocycles. The van der Waals surface area contributed by atoms with Gasteiger partial charge in [-0.1, -0.05) is 46.3 Å². The van der Waals surface area contributed by atoms with Crippen molar-refractivity contribution in [2.24, 2.45) is 33.5 Å². The lowest BCUT2D eigenvalue weighted by atomic mass is 9.36. The Hall–Kier alpha value is -2.12. The Kier molecular flexibility index (Phi) is 5.80. The number of esters is 2. The Balaban J connectivity index is 1.46. The van der Waals surface area contributed by atoms with E-state index < -0.39 is 40.7 Å². The zero-order valence-electron chi connectivity index (χ0n) is 23.5. The van der Waals surface area contributed by atoms with Gasteiger partial charge in [0.15, 0.2) is 0 Å². The van der Waals surface area contributed by atoms with Gasteiger partial charge in [0, 0.05) is 41.9 Å². The van der Waals surface area contributed by atoms with Gasteiger partial charge in [0.05, 0.1) is 31.3 Å². The first-order valence-corrected chi connectivity index (χ1v) is 14.3. The van der Waals surface area contributed by atoms with Crippen LogP contribution in [0.4, 0.5) is 0 Å². The standard InChI is InChI=1S/C31H42O7/c1-7-24(33)38-22-14-23(37-17(2)32)31(6)21-10-12-28(3)19(18-11-13-35-15-18)8-9-20(28)30(21,5)27(34)25-26(31)29(22,4)16-36-25/h9,11,13,15,19,21-23,25-27,34H,7-8,10,12,14,16H2,1-6H3/t19-,21?,22+,23-,25+,26?,27+,28-,29+,30-,31-/m0/s1. The monoisotopic (exact) mass is 526 g/mol. The third-order valence-corrected chi connectivity index (χ3v) is 11.8. The smallest absolute Gasteiger partial charge is 0.305 e. The minimum atomic E-state index is -0.722. The van der Waals surface area contributed by atoms with Crippen LogP contribution in [0, 0.1) is 33.5 Å². The van der Waals surface area contributed by atoms with E-state index in [1.165, 1.54) is 18.1 Å². The molecule has 7 heteroatoms. The van der Waals surface area contributed by atoms with Crippen LogP contribution < -0.4 is 0 Å². The lowest BCUT2D eigenvalue weighted by molar-refractivity contribution is -0.262. The molecule has 0 bridgehead atoms. The van der Waals surface area contributed by atoms with Crippen molar-refractivity contribution in [2.45, 2.75) is 104 Å². The summed E-state index contributed by atoms with van der Waals surface area (Å²) in [5, 5.41) is 12.3. The van der Waals surface area contributed by atoms with Crippen LogP contribution in [0.15, 0.2) is 34.7 Å². The summed E-state index contributed by atoms with van der Waals surface area (Å²) in [6.45, 7) is 12.6. The molecule has 38 heavy (non-hydrogen) atoms. The molecule has 0 aromatic carbocycles. The summed E-state index contributed by atoms with van der Waals surface area (Å²) in [7, 11) is 0. The minimum absolute atomic E-state index is 0.0712. The third-order valence-electron chi connectivity index (χ3n) is 11.8. The van der Waals surface area contributed by atoms with E-state index in [0.29, 0.717) is 18.9 Å². The molecule has 2 unspecified atom stereocenters. The minimum Gasteiger partial charge on any atom is -0.472 e. The largest absolute Gasteiger partial charge is 0.472 e. The van der Waals surface area contributed by atoms with Gasteiger partial charge in [-0.3, -0.25) is 9.59 Å². The SMILES string of the molecule is CCC(=O)O[C@@H]1C[C@H](OC(C)=O)[C@@]2(C)C3[C@@H](OC[C@@]31C)[C@@H](O)[C@@]1(C)C3=CC[C@@H](c4ccoc4)[C@]3(C)CCC21. The predicted molar refractivity (Wildman–Crippen MR) is 139 cm³/mol. The predicted octanol–water partition coefficient (Wildman–Crippen LogP) is 5.18. The highest BCUT2D eigenvalue weighted by Gasteiger charge is 2.77. The molecule has 11 atom stereocenters. The maximum Gasteiger partial charge on any atom is 0.305 e. The van der Waals surface area contributed by atoms with E-state index in [1.54, 1.807) is 13.2 Å². The number of aliphatic hydroxyl groups is 1. The molecule has 5 aliphatic rings. The fraction of sp³-hybridized carbons (Fsp3) is 0.742. The van der Waals surface area contributed by atoms with Gasteiger partial charge in [0.1, 0.15) is 12.2 Å². The van der Waals surface area contributed by atoms with Crippen molar-refractivity contribution < 1.29 is 33.3 Å². The summed E-state index contributed by atoms with van der Waals surface area (Å²) < 4.78 is 24.1. The molecule has 1 N–H and O–H groups in total. The highest BCUT2D eigenvalue weighted by molar-refractivity contribution is 5.69. The molecule has 4 aliphatic carbocycles. The molecule has 0 amide bonds. The number of carbonyl (C=O) groups excluding carboxylic acids is 2. The van der Waals surface area contributed by atoms with Crippen molar-refractivity contribution in [3.05, 3.63) is 35.8 Å². The van der Waals surface area contributed by atoms with Crippen LogP contribution in [-0.2, 0) is 23.8 Å². The summed E-state index contributed by atoms with van der Waals surface area (Å²) in [4.78, 5) is 24.9. The maximum atomic E-state index is 12.5. The van der Waals surface area contributed by atoms with Crippen LogP contribution in [-0.4, -0.2) is 48.1 Å². The number of hydrogen-bond acceptors (Lipinski definition) is 7. The molecule has 2 heterocycles. The molecule has 4 fully saturated rings. The number of carbonyl (C=O) groups is 2. The normalized spacial score (nSPS) is 48.9. The van der Waals surface area contributed by atoms with Gasteiger partial charge >= 0.3 is 11.9 Å². The first kappa shape index (κ1) is 26.1. The van der Waals surface area contributed by atoms with Gasteiger partial charge in [-0.2, -0.15) is 0 Å². The first-order chi connectivity index (χ1) is 17.9. The van der Waals surface area contributed by atoms with Gasteiger partial charge in [-0.25, -0.2) is 0 Å². The lowest BCUT2D eigenvalue weighted by Gasteiger charge is -2.69. The Morgan fingerprint density at radius 1 is 1.16 bits per heavy atom. The number of aliphatic hydroxyl groups excluding tert-OH is 1. The molecule has 1 aliphatic heterocycles. The second-order valence-electron chi connectivity index (χ2n) is 13.5. The van der Waals surface area contributed by atoms with Gasteiger partial charge in [-0.05, 0) is 48.1 Å². The van der Waals surface area contributed by atoms with Gasteiger partial charge in [0.25, 0.3) is 0 Å². The molecular formula is C31H42O7. The van der Waals surface area contributed by atoms with Crippen LogP contribution in [0.2, 0.25) is 0 Å². The van der Waals surface area contributed by atoms with Crippen molar-refractivity contribution in [1.29, 1.82) is 0 Å². The maximum absolute atomic E-state index is 12.5. The van der Waals surface area contributed by atoms with E-state index >= 15 is 0 Å². The van der Waals surface area contributed by atoms with E-state index in [1.807, 2.05) is 6.26 Å². The number of fused-ring (bicyclic) bond motifs is 4. The zero-order chi connectivity index (χ0) is 27.3. The average molecular weight is 527 g/mol. The summed E-state index contributed by atoms with van der Waals surface area (Å²) in [5.74, 6) is -0.339. The van der Waals surface area contributed by atoms with Gasteiger partial charge in [0.2, 0.25) is 0 Å². The van der Waals surface area contributed by atoms with Gasteiger partial charge < -0.3 is 23.7 Å². The van der Waals surface area contributed by atoms with E-state index in [9.17, 15) is 14.7 Å². The van der Waals surface area contributed by atoms with Crippen LogP contribution in [0.25, 0.3) is 0 Å². The summed E-state index contributed by atoms with van der Waals surface area (Å²) in [6, 6.07) is 2.07. The van der Waals surface area contributed by atoms with Crippen molar-refractivity contribution in [3.8, 4) is 0 Å². The number of rotatable bonds is 4. The average Bonchev–Trinajstić information content (AvgIpc) is 3.59. The second-order valence-corrected chi connectivity index (χ2v) is 13.5. The molecule has 208 valence electrons. The fourth-order valence-corrected chi connectivity index (χ4v) is 10.3. The van der Waals surface area contributed by atoms with E-state index in [4.69, 9.17) is 18.6 Å². The van der Waals surface area contributed by atoms with Crippen LogP contribution in [0.5, 0.6) is 0 Å². The highest BCUT2D eigenvalue weighted by Crippen LogP contribution is 2.75. The Morgan fingerprint density at radius 3 is 2.58 bits per heavy atom. The van der Waals surface area contributed by atoms with Crippen molar-refractivity contribution in [1.82, 2.24) is 0 Å². The van der Waals surface area contributed by atoms with Crippen molar-refractivity contribution in [3.63, 3.8) is 0 Å². The van der Waals surface area contributed by atoms with Crippen molar-refractivity contribution >= 4 is 11.9 Å². The molecular weight excluding hydrogens is 484 g/mol. The number of ether oxygens (including phenoxy) is 3. The highest BCUT2D eigenvalue weighted by atomic mass is 16.6. The Bertz CT molecular complexity index is 1160. The summed E-state index contributed by atoms with van der Waals surface area (Å²) in [5.41, 5.74) is 0.923. The molecule has 3 saturated carbocycles. The number of allylic oxidation sites excluding steroid dienone is 1. The molecule has 1 saturated heterocycles. The van der Waals surface area contributed by atoms with Gasteiger partial charge in [-0.15, -0.1) is 0 Å². The molecule has 0 radical (unpaired) electrons. The van der Waals surface area contributed by atoms with Crippen LogP contribution in [0.3, 0.4) is 0 Å². The Labute approximate surface area is 225 Å². The number of furan rings is 1. The van der Waals surface area contributed by atoms with E-state index in [2.05, 4.69) is 39.8 Å². The van der Waals surface area contributed by atoms with Crippen LogP contribution in [0.1, 0.15) is 85.1 Å². The lowest BCUT2D eigenvalue weighted by Crippen LogP contribution is -2.73. The quantitative estimate of drug-likeness (QED) is 0.427. The summed E-state index contributed by atoms with van der Waals surface area (Å²) >= 11 is 0. The molecule has 6 rings (SSSR count). The molecule has 7 nitrogen and oxygen atoms in total. The van der Waals surface area contributed by atoms with Crippen molar-refractivity contribution in [2.75, 3.05) is 6.61 Å². The van der Waals surface area contributed by atoms with E-state index in [0.717, 1.165) is 19.3 Å². The molecule has 1 aromatic rings. The van der Waals surface area contributed by atoms with Crippen LogP contribution >= 0.6 is 0 Å². The zero-order valence-corrected chi connectivity index (χ0v) is 23.5. The Morgan fingerprint density at radius 2 is 1.92 bits per heavy atom. The second kappa shape index (κ2) is 8.44. The third kappa shape index (κ3) is 3.15. The first-order valence-electron chi connectivity index (χ1n) is 14.3. The number of hydrogen-bond donors (Lipinski definition) is 1. The fourth-order valence-electron chi connectivity index (χ4n) is 10.3. The van der Waals surface area contributed by atoms with E-state index in [-0.39, 0.29) is 35.6 Å².